The molecule has 1 aliphatic heterocycles. The number of carbonyl (C=O) groups is 1. The summed E-state index contributed by atoms with van der Waals surface area (Å²) in [7, 11) is 1.44. The molecule has 8 heteroatoms. The molecule has 0 radical (unpaired) electrons. The van der Waals surface area contributed by atoms with Gasteiger partial charge in [-0.15, -0.1) is 0 Å². The van der Waals surface area contributed by atoms with Crippen LogP contribution in [0.1, 0.15) is 35.7 Å². The second-order valence-electron chi connectivity index (χ2n) is 7.97. The molecular formula is C19H20FN3O4. The van der Waals surface area contributed by atoms with E-state index in [1.807, 2.05) is 4.90 Å². The zero-order chi connectivity index (χ0) is 19.1. The maximum Gasteiger partial charge on any atom is 0.341 e. The molecule has 3 fully saturated rings. The quantitative estimate of drug-likeness (QED) is 0.847. The minimum Gasteiger partial charge on any atom is -0.492 e. The molecule has 1 saturated heterocycles. The number of ether oxygens (including phenoxy) is 1. The molecule has 0 bridgehead atoms. The van der Waals surface area contributed by atoms with E-state index in [1.54, 1.807) is 4.57 Å². The van der Waals surface area contributed by atoms with Gasteiger partial charge in [0.25, 0.3) is 0 Å². The third-order valence-electron chi connectivity index (χ3n) is 6.09. The van der Waals surface area contributed by atoms with Crippen LogP contribution in [-0.4, -0.2) is 41.4 Å². The number of piperidine rings is 1. The Morgan fingerprint density at radius 3 is 2.74 bits per heavy atom. The van der Waals surface area contributed by atoms with Crippen molar-refractivity contribution in [3.05, 3.63) is 33.9 Å². The molecule has 2 saturated carbocycles. The van der Waals surface area contributed by atoms with E-state index in [9.17, 15) is 14.7 Å². The van der Waals surface area contributed by atoms with Crippen LogP contribution in [0.25, 0.3) is 10.9 Å². The summed E-state index contributed by atoms with van der Waals surface area (Å²) in [5, 5.41) is 9.41. The van der Waals surface area contributed by atoms with Crippen LogP contribution in [0.4, 0.5) is 10.1 Å². The SMILES string of the molecule is COc1c(N2CC3CC3(N)C2)c(F)cc2c(=O)c(C(=O)O)cn(C3CC3)c12. The summed E-state index contributed by atoms with van der Waals surface area (Å²) in [6, 6.07) is 1.24. The first-order valence-electron chi connectivity index (χ1n) is 9.06. The number of hydrogen-bond donors (Lipinski definition) is 2. The Morgan fingerprint density at radius 1 is 1.44 bits per heavy atom. The van der Waals surface area contributed by atoms with E-state index in [0.717, 1.165) is 25.3 Å². The predicted octanol–water partition coefficient (Wildman–Crippen LogP) is 1.72. The maximum absolute atomic E-state index is 15.1. The number of fused-ring (bicyclic) bond motifs is 2. The number of nitrogens with two attached hydrogens (primary N) is 1. The van der Waals surface area contributed by atoms with E-state index in [-0.39, 0.29) is 28.3 Å². The van der Waals surface area contributed by atoms with Gasteiger partial charge < -0.3 is 25.0 Å². The highest BCUT2D eigenvalue weighted by Crippen LogP contribution is 2.51. The average molecular weight is 373 g/mol. The van der Waals surface area contributed by atoms with Crippen LogP contribution in [0, 0.1) is 11.7 Å². The number of pyridine rings is 1. The fourth-order valence-electron chi connectivity index (χ4n) is 4.42. The highest BCUT2D eigenvalue weighted by Gasteiger charge is 2.58. The van der Waals surface area contributed by atoms with Gasteiger partial charge in [0.15, 0.2) is 11.6 Å². The molecule has 2 aromatic rings. The average Bonchev–Trinajstić information content (AvgIpc) is 3.52. The molecular weight excluding hydrogens is 353 g/mol. The van der Waals surface area contributed by atoms with Crippen molar-refractivity contribution < 1.29 is 19.0 Å². The molecule has 2 aliphatic carbocycles. The number of hydrogen-bond acceptors (Lipinski definition) is 5. The third-order valence-corrected chi connectivity index (χ3v) is 6.09. The minimum absolute atomic E-state index is 0.0340. The summed E-state index contributed by atoms with van der Waals surface area (Å²) in [6.45, 7) is 1.19. The Hall–Kier alpha value is -2.61. The molecule has 0 spiro atoms. The van der Waals surface area contributed by atoms with Crippen LogP contribution in [0.3, 0.4) is 0 Å². The number of methoxy groups -OCH3 is 1. The van der Waals surface area contributed by atoms with Gasteiger partial charge in [0.1, 0.15) is 11.3 Å². The van der Waals surface area contributed by atoms with E-state index in [1.165, 1.54) is 13.3 Å². The van der Waals surface area contributed by atoms with Crippen LogP contribution >= 0.6 is 0 Å². The number of anilines is 1. The largest absolute Gasteiger partial charge is 0.492 e. The van der Waals surface area contributed by atoms with Crippen molar-refractivity contribution >= 4 is 22.6 Å². The Morgan fingerprint density at radius 2 is 2.19 bits per heavy atom. The number of benzene rings is 1. The van der Waals surface area contributed by atoms with Gasteiger partial charge in [-0.25, -0.2) is 9.18 Å². The van der Waals surface area contributed by atoms with Gasteiger partial charge in [0, 0.05) is 30.9 Å². The summed E-state index contributed by atoms with van der Waals surface area (Å²) in [4.78, 5) is 26.1. The fourth-order valence-corrected chi connectivity index (χ4v) is 4.42. The highest BCUT2D eigenvalue weighted by molar-refractivity contribution is 5.97. The molecule has 2 heterocycles. The first kappa shape index (κ1) is 16.6. The Labute approximate surface area is 154 Å². The zero-order valence-corrected chi connectivity index (χ0v) is 14.9. The summed E-state index contributed by atoms with van der Waals surface area (Å²) in [6.07, 6.45) is 4.06. The number of carboxylic acids is 1. The third kappa shape index (κ3) is 2.29. The second kappa shape index (κ2) is 5.22. The molecule has 3 N–H and O–H groups in total. The first-order chi connectivity index (χ1) is 12.8. The van der Waals surface area contributed by atoms with Crippen molar-refractivity contribution in [1.29, 1.82) is 0 Å². The van der Waals surface area contributed by atoms with Crippen molar-refractivity contribution in [3.8, 4) is 5.75 Å². The van der Waals surface area contributed by atoms with Gasteiger partial charge in [0.05, 0.1) is 18.0 Å². The Kier molecular flexibility index (Phi) is 3.20. The zero-order valence-electron chi connectivity index (χ0n) is 14.9. The normalized spacial score (nSPS) is 26.3. The maximum atomic E-state index is 15.1. The van der Waals surface area contributed by atoms with Crippen LogP contribution in [0.5, 0.6) is 5.75 Å². The van der Waals surface area contributed by atoms with Gasteiger partial charge in [-0.05, 0) is 31.2 Å². The predicted molar refractivity (Wildman–Crippen MR) is 97.2 cm³/mol. The molecule has 2 unspecified atom stereocenters. The lowest BCUT2D eigenvalue weighted by Gasteiger charge is -2.26. The summed E-state index contributed by atoms with van der Waals surface area (Å²) >= 11 is 0. The highest BCUT2D eigenvalue weighted by atomic mass is 19.1. The van der Waals surface area contributed by atoms with Gasteiger partial charge in [-0.3, -0.25) is 4.79 Å². The molecule has 2 atom stereocenters. The van der Waals surface area contributed by atoms with Crippen LogP contribution < -0.4 is 20.8 Å². The van der Waals surface area contributed by atoms with Crippen molar-refractivity contribution in [3.63, 3.8) is 0 Å². The number of halogens is 1. The van der Waals surface area contributed by atoms with Crippen LogP contribution in [0.2, 0.25) is 0 Å². The van der Waals surface area contributed by atoms with Gasteiger partial charge >= 0.3 is 5.97 Å². The lowest BCUT2D eigenvalue weighted by atomic mass is 10.1. The number of nitrogens with zero attached hydrogens (tertiary/aromatic N) is 2. The van der Waals surface area contributed by atoms with Crippen LogP contribution in [0.15, 0.2) is 17.1 Å². The Balaban J connectivity index is 1.80. The first-order valence-corrected chi connectivity index (χ1v) is 9.06. The molecule has 3 aliphatic rings. The molecule has 7 nitrogen and oxygen atoms in total. The van der Waals surface area contributed by atoms with Crippen molar-refractivity contribution in [2.24, 2.45) is 11.7 Å². The van der Waals surface area contributed by atoms with E-state index >= 15 is 4.39 Å². The molecule has 1 aromatic heterocycles. The molecule has 1 aromatic carbocycles. The van der Waals surface area contributed by atoms with E-state index in [4.69, 9.17) is 10.5 Å². The minimum atomic E-state index is -1.32. The smallest absolute Gasteiger partial charge is 0.341 e. The molecule has 0 amide bonds. The number of aromatic carboxylic acids is 1. The standard InChI is InChI=1S/C19H20FN3O4/c1-27-17-14-11(16(24)12(18(25)26)7-23(14)10-2-3-10)4-13(20)15(17)22-6-9-5-19(9,21)8-22/h4,7,9-10H,2-3,5-6,8,21H2,1H3,(H,25,26). The van der Waals surface area contributed by atoms with E-state index in [0.29, 0.717) is 30.2 Å². The number of rotatable bonds is 4. The van der Waals surface area contributed by atoms with Crippen molar-refractivity contribution in [2.75, 3.05) is 25.1 Å². The molecule has 27 heavy (non-hydrogen) atoms. The van der Waals surface area contributed by atoms with E-state index < -0.39 is 17.2 Å². The summed E-state index contributed by atoms with van der Waals surface area (Å²) in [5.41, 5.74) is 5.72. The lowest BCUT2D eigenvalue weighted by Crippen LogP contribution is -2.34. The summed E-state index contributed by atoms with van der Waals surface area (Å²) in [5.74, 6) is -1.29. The monoisotopic (exact) mass is 373 g/mol. The number of carboxylic acid groups (broad SMARTS) is 1. The Bertz CT molecular complexity index is 1060. The molecule has 5 rings (SSSR count). The van der Waals surface area contributed by atoms with Crippen LogP contribution in [-0.2, 0) is 0 Å². The van der Waals surface area contributed by atoms with E-state index in [2.05, 4.69) is 0 Å². The van der Waals surface area contributed by atoms with Crippen molar-refractivity contribution in [2.45, 2.75) is 30.8 Å². The number of aromatic nitrogens is 1. The lowest BCUT2D eigenvalue weighted by molar-refractivity contribution is 0.0695. The van der Waals surface area contributed by atoms with Gasteiger partial charge in [-0.1, -0.05) is 0 Å². The second-order valence-corrected chi connectivity index (χ2v) is 7.97. The van der Waals surface area contributed by atoms with Gasteiger partial charge in [0.2, 0.25) is 5.43 Å². The fraction of sp³-hybridized carbons (Fsp3) is 0.474. The summed E-state index contributed by atoms with van der Waals surface area (Å²) < 4.78 is 22.4. The van der Waals surface area contributed by atoms with Gasteiger partial charge in [-0.2, -0.15) is 0 Å². The molecule has 142 valence electrons. The topological polar surface area (TPSA) is 97.8 Å². The van der Waals surface area contributed by atoms with Crippen molar-refractivity contribution in [1.82, 2.24) is 4.57 Å².